The lowest BCUT2D eigenvalue weighted by Crippen LogP contribution is -2.41. The predicted molar refractivity (Wildman–Crippen MR) is 119 cm³/mol. The van der Waals surface area contributed by atoms with Crippen molar-refractivity contribution in [3.8, 4) is 5.75 Å². The lowest BCUT2D eigenvalue weighted by atomic mass is 10.1. The van der Waals surface area contributed by atoms with E-state index in [1.165, 1.54) is 31.2 Å². The van der Waals surface area contributed by atoms with Crippen molar-refractivity contribution in [1.82, 2.24) is 10.2 Å². The highest BCUT2D eigenvalue weighted by atomic mass is 32.2. The van der Waals surface area contributed by atoms with Gasteiger partial charge in [0.1, 0.15) is 10.6 Å². The number of rotatable bonds is 9. The second-order valence-corrected chi connectivity index (χ2v) is 9.04. The molecule has 0 fully saturated rings. The Morgan fingerprint density at radius 2 is 1.65 bits per heavy atom. The summed E-state index contributed by atoms with van der Waals surface area (Å²) in [5.74, 6) is 0.238. The van der Waals surface area contributed by atoms with Crippen molar-refractivity contribution in [2.45, 2.75) is 39.1 Å². The Kier molecular flexibility index (Phi) is 8.44. The molecule has 0 radical (unpaired) electrons. The van der Waals surface area contributed by atoms with E-state index in [9.17, 15) is 18.0 Å². The van der Waals surface area contributed by atoms with Gasteiger partial charge in [-0.15, -0.1) is 0 Å². The van der Waals surface area contributed by atoms with Crippen LogP contribution in [-0.2, 0) is 21.5 Å². The van der Waals surface area contributed by atoms with Crippen LogP contribution < -0.4 is 14.8 Å². The summed E-state index contributed by atoms with van der Waals surface area (Å²) in [4.78, 5) is 25.0. The molecule has 0 bridgehead atoms. The van der Waals surface area contributed by atoms with Crippen molar-refractivity contribution in [2.75, 3.05) is 18.4 Å². The van der Waals surface area contributed by atoms with Gasteiger partial charge in [0.25, 0.3) is 0 Å². The van der Waals surface area contributed by atoms with Gasteiger partial charge in [-0.1, -0.05) is 26.0 Å². The highest BCUT2D eigenvalue weighted by Crippen LogP contribution is 2.21. The average molecular weight is 448 g/mol. The summed E-state index contributed by atoms with van der Waals surface area (Å²) in [5, 5.41) is 5.38. The molecule has 0 aromatic heterocycles. The number of hydrogen-bond acceptors (Lipinski definition) is 5. The molecule has 0 aliphatic carbocycles. The van der Waals surface area contributed by atoms with E-state index in [1.54, 1.807) is 29.2 Å². The molecule has 0 saturated carbocycles. The molecule has 0 saturated heterocycles. The molecular weight excluding hydrogens is 418 g/mol. The number of nitrogens with zero attached hydrogens (tertiary/aromatic N) is 1. The molecule has 0 aliphatic heterocycles. The summed E-state index contributed by atoms with van der Waals surface area (Å²) < 4.78 is 30.2. The van der Waals surface area contributed by atoms with Gasteiger partial charge in [-0.25, -0.2) is 4.79 Å². The van der Waals surface area contributed by atoms with Gasteiger partial charge in [-0.3, -0.25) is 4.79 Å². The summed E-state index contributed by atoms with van der Waals surface area (Å²) in [7, 11) is -4.02. The first-order chi connectivity index (χ1) is 14.6. The van der Waals surface area contributed by atoms with Crippen LogP contribution >= 0.6 is 0 Å². The Morgan fingerprint density at radius 1 is 1.03 bits per heavy atom. The standard InChI is InChI=1S/C22H29N3O5S/c1-5-23-22(27)25(14-16(2)3)15-18-6-10-20(11-7-18)30-31(28,29)21-12-8-19(9-13-21)24-17(4)26/h6-13,16H,5,14-15H2,1-4H3,(H,23,27)(H,24,26). The van der Waals surface area contributed by atoms with Crippen LogP contribution in [0, 0.1) is 5.92 Å². The van der Waals surface area contributed by atoms with Gasteiger partial charge in [0, 0.05) is 32.2 Å². The van der Waals surface area contributed by atoms with E-state index in [0.717, 1.165) is 5.56 Å². The first kappa shape index (κ1) is 24.2. The second kappa shape index (κ2) is 10.8. The van der Waals surface area contributed by atoms with Crippen LogP contribution in [0.5, 0.6) is 5.75 Å². The topological polar surface area (TPSA) is 105 Å². The second-order valence-electron chi connectivity index (χ2n) is 7.50. The third-order valence-corrected chi connectivity index (χ3v) is 5.43. The van der Waals surface area contributed by atoms with Crippen LogP contribution in [0.25, 0.3) is 0 Å². The fourth-order valence-corrected chi connectivity index (χ4v) is 3.81. The molecule has 2 aromatic carbocycles. The largest absolute Gasteiger partial charge is 0.379 e. The first-order valence-corrected chi connectivity index (χ1v) is 11.5. The summed E-state index contributed by atoms with van der Waals surface area (Å²) in [6.07, 6.45) is 0. The van der Waals surface area contributed by atoms with E-state index in [1.807, 2.05) is 20.8 Å². The Balaban J connectivity index is 2.08. The fraction of sp³-hybridized carbons (Fsp3) is 0.364. The van der Waals surface area contributed by atoms with Crippen LogP contribution in [0.2, 0.25) is 0 Å². The minimum Gasteiger partial charge on any atom is -0.379 e. The van der Waals surface area contributed by atoms with E-state index in [2.05, 4.69) is 10.6 Å². The van der Waals surface area contributed by atoms with E-state index in [-0.39, 0.29) is 22.6 Å². The highest BCUT2D eigenvalue weighted by Gasteiger charge is 2.18. The van der Waals surface area contributed by atoms with Crippen LogP contribution in [-0.4, -0.2) is 38.3 Å². The lowest BCUT2D eigenvalue weighted by molar-refractivity contribution is -0.114. The van der Waals surface area contributed by atoms with E-state index in [0.29, 0.717) is 31.2 Å². The molecule has 0 atom stereocenters. The lowest BCUT2D eigenvalue weighted by Gasteiger charge is -2.25. The van der Waals surface area contributed by atoms with E-state index in [4.69, 9.17) is 4.18 Å². The molecule has 0 unspecified atom stereocenters. The van der Waals surface area contributed by atoms with Crippen molar-refractivity contribution in [3.05, 3.63) is 54.1 Å². The van der Waals surface area contributed by atoms with Crippen molar-refractivity contribution in [1.29, 1.82) is 0 Å². The van der Waals surface area contributed by atoms with Crippen molar-refractivity contribution < 1.29 is 22.2 Å². The molecule has 2 aromatic rings. The Bertz CT molecular complexity index is 987. The molecule has 168 valence electrons. The Hall–Kier alpha value is -3.07. The molecule has 2 N–H and O–H groups in total. The third-order valence-electron chi connectivity index (χ3n) is 4.17. The number of nitrogens with one attached hydrogen (secondary N) is 2. The molecule has 9 heteroatoms. The maximum absolute atomic E-state index is 12.5. The molecule has 0 aliphatic rings. The number of urea groups is 1. The molecule has 0 heterocycles. The zero-order valence-corrected chi connectivity index (χ0v) is 19.0. The maximum Gasteiger partial charge on any atom is 0.339 e. The molecule has 2 rings (SSSR count). The van der Waals surface area contributed by atoms with Crippen LogP contribution in [0.15, 0.2) is 53.4 Å². The number of hydrogen-bond donors (Lipinski definition) is 2. The van der Waals surface area contributed by atoms with Crippen LogP contribution in [0.4, 0.5) is 10.5 Å². The van der Waals surface area contributed by atoms with Gasteiger partial charge in [0.2, 0.25) is 5.91 Å². The molecular formula is C22H29N3O5S. The number of carbonyl (C=O) groups excluding carboxylic acids is 2. The zero-order valence-electron chi connectivity index (χ0n) is 18.2. The molecule has 8 nitrogen and oxygen atoms in total. The van der Waals surface area contributed by atoms with Crippen LogP contribution in [0.1, 0.15) is 33.3 Å². The minimum atomic E-state index is -4.02. The number of benzene rings is 2. The van der Waals surface area contributed by atoms with Crippen molar-refractivity contribution in [2.24, 2.45) is 5.92 Å². The van der Waals surface area contributed by atoms with Gasteiger partial charge < -0.3 is 19.7 Å². The van der Waals surface area contributed by atoms with Crippen LogP contribution in [0.3, 0.4) is 0 Å². The molecule has 0 spiro atoms. The molecule has 31 heavy (non-hydrogen) atoms. The van der Waals surface area contributed by atoms with E-state index < -0.39 is 10.1 Å². The minimum absolute atomic E-state index is 0.0231. The van der Waals surface area contributed by atoms with Gasteiger partial charge >= 0.3 is 16.1 Å². The summed E-state index contributed by atoms with van der Waals surface area (Å²) in [6, 6.07) is 12.2. The number of anilines is 1. The van der Waals surface area contributed by atoms with Crippen molar-refractivity contribution >= 4 is 27.7 Å². The normalized spacial score (nSPS) is 11.1. The van der Waals surface area contributed by atoms with Gasteiger partial charge in [-0.05, 0) is 54.8 Å². The average Bonchev–Trinajstić information content (AvgIpc) is 2.68. The summed E-state index contributed by atoms with van der Waals surface area (Å²) >= 11 is 0. The maximum atomic E-state index is 12.5. The monoisotopic (exact) mass is 447 g/mol. The van der Waals surface area contributed by atoms with E-state index >= 15 is 0 Å². The Morgan fingerprint density at radius 3 is 2.16 bits per heavy atom. The highest BCUT2D eigenvalue weighted by molar-refractivity contribution is 7.87. The smallest absolute Gasteiger partial charge is 0.339 e. The number of carbonyl (C=O) groups is 2. The fourth-order valence-electron chi connectivity index (χ4n) is 2.88. The van der Waals surface area contributed by atoms with Gasteiger partial charge in [-0.2, -0.15) is 8.42 Å². The quantitative estimate of drug-likeness (QED) is 0.572. The molecule has 3 amide bonds. The predicted octanol–water partition coefficient (Wildman–Crippen LogP) is 3.60. The van der Waals surface area contributed by atoms with Gasteiger partial charge in [0.15, 0.2) is 0 Å². The van der Waals surface area contributed by atoms with Crippen molar-refractivity contribution in [3.63, 3.8) is 0 Å². The first-order valence-electron chi connectivity index (χ1n) is 10.0. The zero-order chi connectivity index (χ0) is 23.0. The summed E-state index contributed by atoms with van der Waals surface area (Å²) in [5.41, 5.74) is 1.35. The number of amides is 3. The third kappa shape index (κ3) is 7.60. The Labute approximate surface area is 183 Å². The SMILES string of the molecule is CCNC(=O)N(Cc1ccc(OS(=O)(=O)c2ccc(NC(C)=O)cc2)cc1)CC(C)C. The summed E-state index contributed by atoms with van der Waals surface area (Å²) in [6.45, 7) is 8.87. The van der Waals surface area contributed by atoms with Gasteiger partial charge in [0.05, 0.1) is 0 Å².